The Morgan fingerprint density at radius 3 is 1.44 bits per heavy atom. The van der Waals surface area contributed by atoms with E-state index in [2.05, 4.69) is 4.90 Å². The summed E-state index contributed by atoms with van der Waals surface area (Å²) >= 11 is 0. The van der Waals surface area contributed by atoms with E-state index in [0.29, 0.717) is 48.3 Å². The molecule has 2 aromatic carbocycles. The molecule has 0 bridgehead atoms. The van der Waals surface area contributed by atoms with Crippen LogP contribution in [0.25, 0.3) is 0 Å². The predicted molar refractivity (Wildman–Crippen MR) is 129 cm³/mol. The zero-order chi connectivity index (χ0) is 25.4. The minimum absolute atomic E-state index is 0.0223. The minimum atomic E-state index is -0.858. The summed E-state index contributed by atoms with van der Waals surface area (Å²) in [6.45, 7) is 1.70. The van der Waals surface area contributed by atoms with E-state index in [9.17, 15) is 29.4 Å². The summed E-state index contributed by atoms with van der Waals surface area (Å²) in [6.07, 6.45) is 0.433. The Kier molecular flexibility index (Phi) is 6.70. The summed E-state index contributed by atoms with van der Waals surface area (Å²) < 4.78 is 0. The fourth-order valence-electron chi connectivity index (χ4n) is 5.45. The van der Waals surface area contributed by atoms with Gasteiger partial charge in [-0.3, -0.25) is 29.0 Å². The average Bonchev–Trinajstić information content (AvgIpc) is 3.26. The lowest BCUT2D eigenvalue weighted by molar-refractivity contribution is 0.0367. The highest BCUT2D eigenvalue weighted by molar-refractivity contribution is 6.22. The van der Waals surface area contributed by atoms with Crippen molar-refractivity contribution in [3.8, 4) is 0 Å². The molecular formula is C27H29N3O6. The number of aliphatic hydroxyl groups excluding tert-OH is 2. The van der Waals surface area contributed by atoms with Crippen molar-refractivity contribution >= 4 is 23.6 Å². The van der Waals surface area contributed by atoms with Crippen LogP contribution in [0, 0.1) is 5.92 Å². The van der Waals surface area contributed by atoms with Crippen LogP contribution < -0.4 is 0 Å². The highest BCUT2D eigenvalue weighted by Gasteiger charge is 2.38. The van der Waals surface area contributed by atoms with E-state index in [4.69, 9.17) is 0 Å². The number of imide groups is 2. The average molecular weight is 492 g/mol. The molecule has 9 heteroatoms. The van der Waals surface area contributed by atoms with Gasteiger partial charge in [-0.1, -0.05) is 24.3 Å². The zero-order valence-corrected chi connectivity index (χ0v) is 19.9. The molecule has 188 valence electrons. The van der Waals surface area contributed by atoms with Gasteiger partial charge in [0.2, 0.25) is 0 Å². The molecule has 3 heterocycles. The van der Waals surface area contributed by atoms with Crippen molar-refractivity contribution in [2.24, 2.45) is 5.92 Å². The molecule has 0 spiro atoms. The number of β-amino-alcohol motifs (C(OH)–C–C–N with tert-alkyl or cyclic N) is 2. The number of carbonyl (C=O) groups excluding carboxylic acids is 4. The van der Waals surface area contributed by atoms with Gasteiger partial charge in [0.25, 0.3) is 23.6 Å². The van der Waals surface area contributed by atoms with Gasteiger partial charge in [0.05, 0.1) is 47.6 Å². The molecule has 3 aliphatic heterocycles. The van der Waals surface area contributed by atoms with Gasteiger partial charge in [-0.25, -0.2) is 0 Å². The van der Waals surface area contributed by atoms with Crippen LogP contribution in [0.3, 0.4) is 0 Å². The number of fused-ring (bicyclic) bond motifs is 2. The molecule has 1 saturated heterocycles. The second kappa shape index (κ2) is 9.93. The van der Waals surface area contributed by atoms with Crippen LogP contribution in [0.5, 0.6) is 0 Å². The second-order valence-corrected chi connectivity index (χ2v) is 9.82. The largest absolute Gasteiger partial charge is 0.391 e. The molecule has 4 amide bonds. The third-order valence-corrected chi connectivity index (χ3v) is 7.32. The number of nitrogens with zero attached hydrogens (tertiary/aromatic N) is 3. The van der Waals surface area contributed by atoms with Crippen LogP contribution in [0.15, 0.2) is 48.5 Å². The SMILES string of the molecule is O=C1c2ccccc2C(=O)N1CC(O)CC1CCN(CC(O)CN2C(=O)c3ccccc3C2=O)CC1. The van der Waals surface area contributed by atoms with Crippen LogP contribution in [0.4, 0.5) is 0 Å². The first kappa shape index (κ1) is 24.3. The predicted octanol–water partition coefficient (Wildman–Crippen LogP) is 1.40. The maximum Gasteiger partial charge on any atom is 0.261 e. The van der Waals surface area contributed by atoms with Crippen molar-refractivity contribution in [1.29, 1.82) is 0 Å². The molecule has 5 rings (SSSR count). The molecule has 36 heavy (non-hydrogen) atoms. The van der Waals surface area contributed by atoms with Crippen LogP contribution in [0.1, 0.15) is 60.7 Å². The third kappa shape index (κ3) is 4.57. The molecule has 2 atom stereocenters. The quantitative estimate of drug-likeness (QED) is 0.536. The zero-order valence-electron chi connectivity index (χ0n) is 19.9. The lowest BCUT2D eigenvalue weighted by Crippen LogP contribution is -2.45. The van der Waals surface area contributed by atoms with Gasteiger partial charge >= 0.3 is 0 Å². The Bertz CT molecular complexity index is 1040. The minimum Gasteiger partial charge on any atom is -0.391 e. The standard InChI is InChI=1S/C27H29N3O6/c31-18(15-29-24(33)20-5-1-2-6-21(20)25(29)34)13-17-9-11-28(12-10-17)14-19(32)16-30-26(35)22-7-3-4-8-23(22)27(30)36/h1-8,17-19,31-32H,9-16H2. The van der Waals surface area contributed by atoms with Gasteiger partial charge in [-0.05, 0) is 62.5 Å². The molecule has 2 aromatic rings. The number of benzene rings is 2. The Hall–Kier alpha value is -3.40. The van der Waals surface area contributed by atoms with Gasteiger partial charge in [-0.15, -0.1) is 0 Å². The van der Waals surface area contributed by atoms with Crippen LogP contribution in [-0.4, -0.2) is 93.5 Å². The highest BCUT2D eigenvalue weighted by Crippen LogP contribution is 2.27. The first-order valence-electron chi connectivity index (χ1n) is 12.3. The summed E-state index contributed by atoms with van der Waals surface area (Å²) in [5.74, 6) is -1.24. The van der Waals surface area contributed by atoms with Gasteiger partial charge in [0, 0.05) is 6.54 Å². The van der Waals surface area contributed by atoms with E-state index in [0.717, 1.165) is 22.6 Å². The molecule has 0 radical (unpaired) electrons. The Labute approximate surface area is 208 Å². The number of piperidine rings is 1. The molecule has 0 saturated carbocycles. The normalized spacial score (nSPS) is 20.2. The van der Waals surface area contributed by atoms with Crippen LogP contribution in [0.2, 0.25) is 0 Å². The van der Waals surface area contributed by atoms with Crippen molar-refractivity contribution in [1.82, 2.24) is 14.7 Å². The summed E-state index contributed by atoms with van der Waals surface area (Å²) in [6, 6.07) is 13.4. The van der Waals surface area contributed by atoms with E-state index < -0.39 is 12.2 Å². The van der Waals surface area contributed by atoms with Crippen molar-refractivity contribution < 1.29 is 29.4 Å². The number of hydrogen-bond acceptors (Lipinski definition) is 7. The first-order chi connectivity index (χ1) is 17.3. The number of hydrogen-bond donors (Lipinski definition) is 2. The number of aliphatic hydroxyl groups is 2. The fraction of sp³-hybridized carbons (Fsp3) is 0.407. The van der Waals surface area contributed by atoms with E-state index in [1.54, 1.807) is 48.5 Å². The molecule has 9 nitrogen and oxygen atoms in total. The fourth-order valence-corrected chi connectivity index (χ4v) is 5.45. The number of amides is 4. The maximum absolute atomic E-state index is 12.5. The molecular weight excluding hydrogens is 462 g/mol. The topological polar surface area (TPSA) is 118 Å². The van der Waals surface area contributed by atoms with Crippen LogP contribution >= 0.6 is 0 Å². The smallest absolute Gasteiger partial charge is 0.261 e. The number of likely N-dealkylation sites (tertiary alicyclic amines) is 1. The third-order valence-electron chi connectivity index (χ3n) is 7.32. The van der Waals surface area contributed by atoms with E-state index in [1.165, 1.54) is 0 Å². The highest BCUT2D eigenvalue weighted by atomic mass is 16.3. The summed E-state index contributed by atoms with van der Waals surface area (Å²) in [5, 5.41) is 21.2. The maximum atomic E-state index is 12.5. The monoisotopic (exact) mass is 491 g/mol. The molecule has 0 aliphatic carbocycles. The van der Waals surface area contributed by atoms with Crippen molar-refractivity contribution in [2.75, 3.05) is 32.7 Å². The van der Waals surface area contributed by atoms with Gasteiger partial charge < -0.3 is 15.1 Å². The molecule has 1 fully saturated rings. The Balaban J connectivity index is 1.06. The van der Waals surface area contributed by atoms with Gasteiger partial charge in [0.15, 0.2) is 0 Å². The van der Waals surface area contributed by atoms with Crippen LogP contribution in [-0.2, 0) is 0 Å². The van der Waals surface area contributed by atoms with Crippen molar-refractivity contribution in [3.63, 3.8) is 0 Å². The van der Waals surface area contributed by atoms with E-state index in [-0.39, 0.29) is 42.6 Å². The van der Waals surface area contributed by atoms with Crippen molar-refractivity contribution in [3.05, 3.63) is 70.8 Å². The Morgan fingerprint density at radius 1 is 0.639 bits per heavy atom. The second-order valence-electron chi connectivity index (χ2n) is 9.82. The molecule has 0 aromatic heterocycles. The van der Waals surface area contributed by atoms with E-state index >= 15 is 0 Å². The lowest BCUT2D eigenvalue weighted by Gasteiger charge is -2.34. The molecule has 3 aliphatic rings. The molecule has 2 N–H and O–H groups in total. The number of rotatable bonds is 8. The van der Waals surface area contributed by atoms with Gasteiger partial charge in [-0.2, -0.15) is 0 Å². The van der Waals surface area contributed by atoms with E-state index in [1.807, 2.05) is 0 Å². The summed E-state index contributed by atoms with van der Waals surface area (Å²) in [5.41, 5.74) is 1.50. The lowest BCUT2D eigenvalue weighted by atomic mass is 9.91. The Morgan fingerprint density at radius 2 is 1.03 bits per heavy atom. The summed E-state index contributed by atoms with van der Waals surface area (Å²) in [4.78, 5) is 54.4. The van der Waals surface area contributed by atoms with Crippen molar-refractivity contribution in [2.45, 2.75) is 31.5 Å². The first-order valence-corrected chi connectivity index (χ1v) is 12.3. The summed E-state index contributed by atoms with van der Waals surface area (Å²) in [7, 11) is 0. The number of carbonyl (C=O) groups is 4. The van der Waals surface area contributed by atoms with Gasteiger partial charge in [0.1, 0.15) is 0 Å². The molecule has 2 unspecified atom stereocenters.